The van der Waals surface area contributed by atoms with Crippen molar-refractivity contribution in [1.29, 1.82) is 0 Å². The van der Waals surface area contributed by atoms with Crippen LogP contribution in [0.2, 0.25) is 5.02 Å². The molecule has 1 aromatic rings. The minimum atomic E-state index is 0.203. The molecule has 1 atom stereocenters. The molecule has 0 amide bonds. The van der Waals surface area contributed by atoms with Crippen LogP contribution in [0.25, 0.3) is 0 Å². The quantitative estimate of drug-likeness (QED) is 0.862. The fraction of sp³-hybridized carbons (Fsp3) is 0.571. The summed E-state index contributed by atoms with van der Waals surface area (Å²) in [4.78, 5) is 0. The molecule has 1 N–H and O–H groups in total. The first-order chi connectivity index (χ1) is 8.26. The molecule has 0 bridgehead atoms. The van der Waals surface area contributed by atoms with Crippen molar-refractivity contribution in [2.24, 2.45) is 0 Å². The summed E-state index contributed by atoms with van der Waals surface area (Å²) in [5.41, 5.74) is 1.33. The molecule has 1 aliphatic carbocycles. The number of ether oxygens (including phenoxy) is 1. The molecular formula is C14H18ClNO. The van der Waals surface area contributed by atoms with Gasteiger partial charge in [-0.2, -0.15) is 0 Å². The minimum Gasteiger partial charge on any atom is -0.382 e. The van der Waals surface area contributed by atoms with Crippen LogP contribution in [0.4, 0.5) is 5.69 Å². The van der Waals surface area contributed by atoms with Crippen molar-refractivity contribution in [3.63, 3.8) is 0 Å². The van der Waals surface area contributed by atoms with Crippen molar-refractivity contribution >= 4 is 17.3 Å². The number of hydrogen-bond acceptors (Lipinski definition) is 2. The van der Waals surface area contributed by atoms with Gasteiger partial charge in [-0.1, -0.05) is 17.7 Å². The van der Waals surface area contributed by atoms with Crippen molar-refractivity contribution in [2.75, 3.05) is 11.9 Å². The second kappa shape index (κ2) is 4.51. The fourth-order valence-electron chi connectivity index (χ4n) is 2.88. The Balaban J connectivity index is 1.65. The van der Waals surface area contributed by atoms with E-state index in [-0.39, 0.29) is 5.60 Å². The number of benzene rings is 1. The Bertz CT molecular complexity index is 403. The van der Waals surface area contributed by atoms with Crippen molar-refractivity contribution in [2.45, 2.75) is 43.7 Å². The summed E-state index contributed by atoms with van der Waals surface area (Å²) in [6, 6.07) is 8.49. The Hall–Kier alpha value is -0.730. The predicted molar refractivity (Wildman–Crippen MR) is 70.6 cm³/mol. The molecule has 1 aromatic carbocycles. The molecule has 1 heterocycles. The van der Waals surface area contributed by atoms with Crippen molar-refractivity contribution in [1.82, 2.24) is 0 Å². The second-order valence-electron chi connectivity index (χ2n) is 5.23. The maximum atomic E-state index is 5.99. The largest absolute Gasteiger partial charge is 0.382 e. The highest BCUT2D eigenvalue weighted by atomic mass is 35.5. The van der Waals surface area contributed by atoms with Crippen molar-refractivity contribution < 1.29 is 4.74 Å². The summed E-state index contributed by atoms with van der Waals surface area (Å²) in [6.45, 7) is 0.887. The first-order valence-corrected chi connectivity index (χ1v) is 6.80. The number of rotatable bonds is 2. The van der Waals surface area contributed by atoms with E-state index in [0.29, 0.717) is 6.04 Å². The van der Waals surface area contributed by atoms with E-state index in [0.717, 1.165) is 30.2 Å². The molecule has 0 radical (unpaired) electrons. The molecular weight excluding hydrogens is 234 g/mol. The van der Waals surface area contributed by atoms with Crippen LogP contribution in [0.15, 0.2) is 24.3 Å². The minimum absolute atomic E-state index is 0.203. The number of anilines is 1. The Morgan fingerprint density at radius 2 is 2.24 bits per heavy atom. The van der Waals surface area contributed by atoms with Gasteiger partial charge >= 0.3 is 0 Å². The van der Waals surface area contributed by atoms with Crippen LogP contribution < -0.4 is 5.32 Å². The lowest BCUT2D eigenvalue weighted by molar-refractivity contribution is -0.130. The Morgan fingerprint density at radius 3 is 2.94 bits per heavy atom. The number of nitrogens with one attached hydrogen (secondary N) is 1. The van der Waals surface area contributed by atoms with Crippen LogP contribution in [0.5, 0.6) is 0 Å². The van der Waals surface area contributed by atoms with Crippen LogP contribution in [-0.2, 0) is 4.74 Å². The third-order valence-corrected chi connectivity index (χ3v) is 4.19. The van der Waals surface area contributed by atoms with E-state index in [4.69, 9.17) is 16.3 Å². The molecule has 1 saturated carbocycles. The Kier molecular flexibility index (Phi) is 3.01. The second-order valence-corrected chi connectivity index (χ2v) is 5.67. The molecule has 1 aliphatic heterocycles. The lowest BCUT2D eigenvalue weighted by Crippen LogP contribution is -2.48. The van der Waals surface area contributed by atoms with E-state index in [9.17, 15) is 0 Å². The van der Waals surface area contributed by atoms with E-state index in [1.807, 2.05) is 18.2 Å². The summed E-state index contributed by atoms with van der Waals surface area (Å²) in [6.07, 6.45) is 6.03. The van der Waals surface area contributed by atoms with E-state index in [1.54, 1.807) is 0 Å². The highest BCUT2D eigenvalue weighted by Crippen LogP contribution is 2.42. The van der Waals surface area contributed by atoms with Gasteiger partial charge in [0.15, 0.2) is 0 Å². The molecule has 3 rings (SSSR count). The standard InChI is InChI=1S/C14H18ClNO/c15-11-3-1-4-12(9-11)16-13-5-8-17-14(10-13)6-2-7-14/h1,3-4,9,13,16H,2,5-8,10H2. The molecule has 0 aromatic heterocycles. The number of halogens is 1. The summed E-state index contributed by atoms with van der Waals surface area (Å²) < 4.78 is 5.93. The molecule has 2 aliphatic rings. The topological polar surface area (TPSA) is 21.3 Å². The zero-order chi connectivity index (χ0) is 11.7. The highest BCUT2D eigenvalue weighted by molar-refractivity contribution is 6.30. The van der Waals surface area contributed by atoms with Gasteiger partial charge in [-0.25, -0.2) is 0 Å². The SMILES string of the molecule is Clc1cccc(NC2CCOC3(CCC3)C2)c1. The molecule has 17 heavy (non-hydrogen) atoms. The molecule has 1 saturated heterocycles. The first-order valence-electron chi connectivity index (χ1n) is 6.42. The first kappa shape index (κ1) is 11.4. The highest BCUT2D eigenvalue weighted by Gasteiger charge is 2.42. The average Bonchev–Trinajstić information content (AvgIpc) is 2.27. The van der Waals surface area contributed by atoms with E-state index in [2.05, 4.69) is 11.4 Å². The summed E-state index contributed by atoms with van der Waals surface area (Å²) in [5.74, 6) is 0. The van der Waals surface area contributed by atoms with E-state index in [1.165, 1.54) is 19.3 Å². The van der Waals surface area contributed by atoms with Crippen LogP contribution in [0.3, 0.4) is 0 Å². The van der Waals surface area contributed by atoms with Crippen LogP contribution in [-0.4, -0.2) is 18.2 Å². The predicted octanol–water partition coefficient (Wildman–Crippen LogP) is 3.85. The fourth-order valence-corrected chi connectivity index (χ4v) is 3.07. The third-order valence-electron chi connectivity index (χ3n) is 3.95. The average molecular weight is 252 g/mol. The van der Waals surface area contributed by atoms with Gasteiger partial charge < -0.3 is 10.1 Å². The van der Waals surface area contributed by atoms with Gasteiger partial charge in [0.25, 0.3) is 0 Å². The Morgan fingerprint density at radius 1 is 1.35 bits per heavy atom. The van der Waals surface area contributed by atoms with Gasteiger partial charge in [-0.05, 0) is 50.3 Å². The van der Waals surface area contributed by atoms with Gasteiger partial charge in [-0.15, -0.1) is 0 Å². The third kappa shape index (κ3) is 2.43. The summed E-state index contributed by atoms with van der Waals surface area (Å²) >= 11 is 5.99. The van der Waals surface area contributed by atoms with Gasteiger partial charge in [0.1, 0.15) is 0 Å². The van der Waals surface area contributed by atoms with Crippen LogP contribution in [0.1, 0.15) is 32.1 Å². The zero-order valence-electron chi connectivity index (χ0n) is 9.92. The number of hydrogen-bond donors (Lipinski definition) is 1. The van der Waals surface area contributed by atoms with Gasteiger partial charge in [0.2, 0.25) is 0 Å². The van der Waals surface area contributed by atoms with Crippen molar-refractivity contribution in [3.8, 4) is 0 Å². The van der Waals surface area contributed by atoms with Crippen molar-refractivity contribution in [3.05, 3.63) is 29.3 Å². The normalized spacial score (nSPS) is 26.5. The van der Waals surface area contributed by atoms with Crippen LogP contribution >= 0.6 is 11.6 Å². The smallest absolute Gasteiger partial charge is 0.0702 e. The lowest BCUT2D eigenvalue weighted by atomic mass is 9.74. The monoisotopic (exact) mass is 251 g/mol. The Labute approximate surface area is 107 Å². The molecule has 92 valence electrons. The maximum absolute atomic E-state index is 5.99. The molecule has 2 nitrogen and oxygen atoms in total. The van der Waals surface area contributed by atoms with Gasteiger partial charge in [0, 0.05) is 23.4 Å². The summed E-state index contributed by atoms with van der Waals surface area (Å²) in [5, 5.41) is 4.37. The van der Waals surface area contributed by atoms with Gasteiger partial charge in [0.05, 0.1) is 5.60 Å². The molecule has 1 spiro atoms. The lowest BCUT2D eigenvalue weighted by Gasteiger charge is -2.47. The van der Waals surface area contributed by atoms with Crippen LogP contribution in [0, 0.1) is 0 Å². The molecule has 1 unspecified atom stereocenters. The summed E-state index contributed by atoms with van der Waals surface area (Å²) in [7, 11) is 0. The van der Waals surface area contributed by atoms with E-state index >= 15 is 0 Å². The van der Waals surface area contributed by atoms with Gasteiger partial charge in [-0.3, -0.25) is 0 Å². The maximum Gasteiger partial charge on any atom is 0.0702 e. The van der Waals surface area contributed by atoms with E-state index < -0.39 is 0 Å². The molecule has 3 heteroatoms. The molecule has 2 fully saturated rings. The zero-order valence-corrected chi connectivity index (χ0v) is 10.7.